The minimum Gasteiger partial charge on any atom is -0.474 e. The van der Waals surface area contributed by atoms with Gasteiger partial charge in [0.2, 0.25) is 5.88 Å². The number of hydrogen-bond acceptors (Lipinski definition) is 5. The van der Waals surface area contributed by atoms with Gasteiger partial charge in [-0.05, 0) is 57.1 Å². The summed E-state index contributed by atoms with van der Waals surface area (Å²) in [7, 11) is 0. The van der Waals surface area contributed by atoms with Crippen LogP contribution in [0.25, 0.3) is 10.2 Å². The number of nitrogens with zero attached hydrogens (tertiary/aromatic N) is 2. The number of ether oxygens (including phenoxy) is 1. The summed E-state index contributed by atoms with van der Waals surface area (Å²) in [6.07, 6.45) is 10.2. The molecule has 1 fully saturated rings. The van der Waals surface area contributed by atoms with Crippen molar-refractivity contribution in [2.75, 3.05) is 6.54 Å². The maximum absolute atomic E-state index is 6.31. The van der Waals surface area contributed by atoms with E-state index in [4.69, 9.17) is 4.74 Å². The predicted octanol–water partition coefficient (Wildman–Crippen LogP) is 3.48. The van der Waals surface area contributed by atoms with Crippen molar-refractivity contribution in [2.24, 2.45) is 0 Å². The third-order valence-corrected chi connectivity index (χ3v) is 6.11. The van der Waals surface area contributed by atoms with Crippen LogP contribution in [0.5, 0.6) is 5.88 Å². The maximum Gasteiger partial charge on any atom is 0.225 e. The molecule has 0 unspecified atom stereocenters. The average molecular weight is 317 g/mol. The van der Waals surface area contributed by atoms with Gasteiger partial charge in [-0.3, -0.25) is 0 Å². The lowest BCUT2D eigenvalue weighted by Gasteiger charge is -2.29. The summed E-state index contributed by atoms with van der Waals surface area (Å²) >= 11 is 1.83. The van der Waals surface area contributed by atoms with Crippen LogP contribution in [0.2, 0.25) is 0 Å². The van der Waals surface area contributed by atoms with E-state index in [1.54, 1.807) is 6.33 Å². The highest BCUT2D eigenvalue weighted by atomic mass is 32.1. The van der Waals surface area contributed by atoms with Crippen molar-refractivity contribution < 1.29 is 4.74 Å². The van der Waals surface area contributed by atoms with E-state index in [9.17, 15) is 0 Å². The molecule has 118 valence electrons. The van der Waals surface area contributed by atoms with Crippen molar-refractivity contribution in [1.82, 2.24) is 15.3 Å². The highest BCUT2D eigenvalue weighted by Gasteiger charge is 2.26. The normalized spacial score (nSPS) is 24.6. The maximum atomic E-state index is 6.31. The Morgan fingerprint density at radius 3 is 2.91 bits per heavy atom. The molecule has 2 aliphatic carbocycles. The molecule has 0 amide bonds. The number of aromatic nitrogens is 2. The Kier molecular flexibility index (Phi) is 4.01. The summed E-state index contributed by atoms with van der Waals surface area (Å²) in [6.45, 7) is 3.24. The molecule has 5 heteroatoms. The number of fused-ring (bicyclic) bond motifs is 3. The number of nitrogens with one attached hydrogen (secondary N) is 1. The van der Waals surface area contributed by atoms with Crippen LogP contribution >= 0.6 is 11.3 Å². The van der Waals surface area contributed by atoms with Crippen LogP contribution in [-0.2, 0) is 12.8 Å². The Morgan fingerprint density at radius 2 is 2.09 bits per heavy atom. The molecular formula is C17H23N3OS. The van der Waals surface area contributed by atoms with Gasteiger partial charge in [0.15, 0.2) is 0 Å². The first kappa shape index (κ1) is 14.4. The Bertz CT molecular complexity index is 661. The lowest BCUT2D eigenvalue weighted by Crippen LogP contribution is -2.36. The largest absolute Gasteiger partial charge is 0.474 e. The predicted molar refractivity (Wildman–Crippen MR) is 89.8 cm³/mol. The van der Waals surface area contributed by atoms with Gasteiger partial charge in [0.05, 0.1) is 5.39 Å². The van der Waals surface area contributed by atoms with Gasteiger partial charge in [-0.15, -0.1) is 11.3 Å². The molecule has 4 nitrogen and oxygen atoms in total. The smallest absolute Gasteiger partial charge is 0.225 e. The molecule has 2 aliphatic rings. The number of hydrogen-bond donors (Lipinski definition) is 1. The van der Waals surface area contributed by atoms with Crippen molar-refractivity contribution in [3.63, 3.8) is 0 Å². The summed E-state index contributed by atoms with van der Waals surface area (Å²) in [4.78, 5) is 11.5. The molecule has 4 rings (SSSR count). The highest BCUT2D eigenvalue weighted by Crippen LogP contribution is 2.40. The van der Waals surface area contributed by atoms with Crippen molar-refractivity contribution in [3.05, 3.63) is 16.8 Å². The summed E-state index contributed by atoms with van der Waals surface area (Å²) in [6, 6.07) is 0.667. The Hall–Kier alpha value is -1.20. The molecule has 0 spiro atoms. The van der Waals surface area contributed by atoms with E-state index in [-0.39, 0.29) is 0 Å². The van der Waals surface area contributed by atoms with Crippen LogP contribution < -0.4 is 10.1 Å². The summed E-state index contributed by atoms with van der Waals surface area (Å²) < 4.78 is 6.31. The minimum atomic E-state index is 0.310. The van der Waals surface area contributed by atoms with Crippen LogP contribution in [0.4, 0.5) is 0 Å². The average Bonchev–Trinajstić information content (AvgIpc) is 3.10. The number of thiophene rings is 1. The fourth-order valence-electron chi connectivity index (χ4n) is 3.82. The molecule has 1 saturated carbocycles. The third kappa shape index (κ3) is 2.61. The standard InChI is InChI=1S/C17H23N3OS/c1-2-18-11-6-8-12(9-7-11)21-16-15-13-4-3-5-14(13)22-17(15)20-10-19-16/h10-12,18H,2-9H2,1H3. The topological polar surface area (TPSA) is 47.0 Å². The van der Waals surface area contributed by atoms with Crippen LogP contribution in [0.3, 0.4) is 0 Å². The molecule has 0 radical (unpaired) electrons. The zero-order valence-electron chi connectivity index (χ0n) is 13.1. The third-order valence-electron chi connectivity index (χ3n) is 4.91. The van der Waals surface area contributed by atoms with Crippen LogP contribution in [0, 0.1) is 0 Å². The quantitative estimate of drug-likeness (QED) is 0.938. The van der Waals surface area contributed by atoms with Crippen molar-refractivity contribution in [3.8, 4) is 5.88 Å². The molecule has 0 saturated heterocycles. The first-order valence-corrected chi connectivity index (χ1v) is 9.32. The fourth-order valence-corrected chi connectivity index (χ4v) is 5.04. The lowest BCUT2D eigenvalue weighted by molar-refractivity contribution is 0.136. The van der Waals surface area contributed by atoms with Crippen LogP contribution in [-0.4, -0.2) is 28.7 Å². The molecule has 1 N–H and O–H groups in total. The van der Waals surface area contributed by atoms with Crippen LogP contribution in [0.15, 0.2) is 6.33 Å². The van der Waals surface area contributed by atoms with E-state index in [0.29, 0.717) is 12.1 Å². The number of rotatable bonds is 4. The molecule has 22 heavy (non-hydrogen) atoms. The second kappa shape index (κ2) is 6.13. The second-order valence-electron chi connectivity index (χ2n) is 6.37. The zero-order valence-corrected chi connectivity index (χ0v) is 13.9. The van der Waals surface area contributed by atoms with E-state index in [1.165, 1.54) is 41.5 Å². The van der Waals surface area contributed by atoms with Gasteiger partial charge in [0.1, 0.15) is 17.3 Å². The SMILES string of the molecule is CCNC1CCC(Oc2ncnc3sc4c(c23)CCC4)CC1. The Morgan fingerprint density at radius 1 is 1.23 bits per heavy atom. The lowest BCUT2D eigenvalue weighted by atomic mass is 9.93. The molecule has 0 atom stereocenters. The van der Waals surface area contributed by atoms with E-state index < -0.39 is 0 Å². The van der Waals surface area contributed by atoms with Gasteiger partial charge in [-0.1, -0.05) is 6.92 Å². The van der Waals surface area contributed by atoms with E-state index >= 15 is 0 Å². The summed E-state index contributed by atoms with van der Waals surface area (Å²) in [5, 5.41) is 4.75. The molecular weight excluding hydrogens is 294 g/mol. The molecule has 2 heterocycles. The van der Waals surface area contributed by atoms with Crippen LogP contribution in [0.1, 0.15) is 49.5 Å². The molecule has 2 aromatic heterocycles. The van der Waals surface area contributed by atoms with Gasteiger partial charge in [-0.2, -0.15) is 0 Å². The molecule has 0 bridgehead atoms. The first-order chi connectivity index (χ1) is 10.8. The first-order valence-electron chi connectivity index (χ1n) is 8.50. The van der Waals surface area contributed by atoms with Gasteiger partial charge >= 0.3 is 0 Å². The Labute approximate surface area is 135 Å². The fraction of sp³-hybridized carbons (Fsp3) is 0.647. The van der Waals surface area contributed by atoms with E-state index in [1.807, 2.05) is 11.3 Å². The monoisotopic (exact) mass is 317 g/mol. The van der Waals surface area contributed by atoms with Crippen molar-refractivity contribution >= 4 is 21.6 Å². The summed E-state index contributed by atoms with van der Waals surface area (Å²) in [5.41, 5.74) is 1.46. The molecule has 0 aromatic carbocycles. The Balaban J connectivity index is 1.53. The van der Waals surface area contributed by atoms with Gasteiger partial charge in [-0.25, -0.2) is 9.97 Å². The summed E-state index contributed by atoms with van der Waals surface area (Å²) in [5.74, 6) is 0.830. The number of aryl methyl sites for hydroxylation is 2. The highest BCUT2D eigenvalue weighted by molar-refractivity contribution is 7.18. The van der Waals surface area contributed by atoms with Crippen molar-refractivity contribution in [1.29, 1.82) is 0 Å². The zero-order chi connectivity index (χ0) is 14.9. The second-order valence-corrected chi connectivity index (χ2v) is 7.45. The van der Waals surface area contributed by atoms with Gasteiger partial charge in [0, 0.05) is 10.9 Å². The van der Waals surface area contributed by atoms with Gasteiger partial charge in [0.25, 0.3) is 0 Å². The molecule has 2 aromatic rings. The molecule has 0 aliphatic heterocycles. The van der Waals surface area contributed by atoms with Gasteiger partial charge < -0.3 is 10.1 Å². The minimum absolute atomic E-state index is 0.310. The van der Waals surface area contributed by atoms with E-state index in [2.05, 4.69) is 22.2 Å². The van der Waals surface area contributed by atoms with Crippen molar-refractivity contribution in [2.45, 2.75) is 64.0 Å². The van der Waals surface area contributed by atoms with E-state index in [0.717, 1.165) is 36.5 Å².